The first-order valence-electron chi connectivity index (χ1n) is 4.40. The van der Waals surface area contributed by atoms with Crippen molar-refractivity contribution in [3.8, 4) is 0 Å². The summed E-state index contributed by atoms with van der Waals surface area (Å²) < 4.78 is 5.72. The van der Waals surface area contributed by atoms with Crippen LogP contribution < -0.4 is 0 Å². The number of ether oxygens (including phenoxy) is 1. The minimum Gasteiger partial charge on any atom is -0.366 e. The van der Waals surface area contributed by atoms with Gasteiger partial charge in [0.2, 0.25) is 0 Å². The van der Waals surface area contributed by atoms with Crippen molar-refractivity contribution >= 4 is 17.6 Å². The maximum atomic E-state index is 5.72. The van der Waals surface area contributed by atoms with Crippen molar-refractivity contribution in [2.24, 2.45) is 0 Å². The molecule has 68 valence electrons. The molecule has 2 unspecified atom stereocenters. The molecular weight excluding hydrogens is 168 g/mol. The van der Waals surface area contributed by atoms with Crippen LogP contribution in [0.1, 0.15) is 33.6 Å². The quantitative estimate of drug-likeness (QED) is 0.482. The van der Waals surface area contributed by atoms with Crippen LogP contribution >= 0.6 is 12.2 Å². The van der Waals surface area contributed by atoms with Crippen molar-refractivity contribution in [2.45, 2.75) is 45.8 Å². The maximum absolute atomic E-state index is 5.72. The van der Waals surface area contributed by atoms with Gasteiger partial charge in [-0.05, 0) is 39.2 Å². The SMILES string of the molecule is CC(C)=C(C)C1CCC(C=S)O1. The third-order valence-electron chi connectivity index (χ3n) is 2.48. The summed E-state index contributed by atoms with van der Waals surface area (Å²) in [4.78, 5) is 0. The molecule has 0 N–H and O–H groups in total. The van der Waals surface area contributed by atoms with Crippen LogP contribution in [0.25, 0.3) is 0 Å². The van der Waals surface area contributed by atoms with Gasteiger partial charge in [-0.3, -0.25) is 0 Å². The topological polar surface area (TPSA) is 9.23 Å². The second-order valence-electron chi connectivity index (χ2n) is 3.56. The van der Waals surface area contributed by atoms with Gasteiger partial charge in [-0.25, -0.2) is 0 Å². The van der Waals surface area contributed by atoms with Gasteiger partial charge in [-0.2, -0.15) is 0 Å². The Morgan fingerprint density at radius 2 is 2.00 bits per heavy atom. The summed E-state index contributed by atoms with van der Waals surface area (Å²) in [6.07, 6.45) is 2.73. The van der Waals surface area contributed by atoms with Gasteiger partial charge in [-0.15, -0.1) is 0 Å². The molecule has 0 saturated carbocycles. The lowest BCUT2D eigenvalue weighted by molar-refractivity contribution is 0.107. The van der Waals surface area contributed by atoms with Gasteiger partial charge in [0.1, 0.15) is 0 Å². The van der Waals surface area contributed by atoms with E-state index in [2.05, 4.69) is 20.8 Å². The van der Waals surface area contributed by atoms with Crippen LogP contribution in [0.15, 0.2) is 11.1 Å². The fraction of sp³-hybridized carbons (Fsp3) is 0.700. The van der Waals surface area contributed by atoms with Crippen LogP contribution in [0.2, 0.25) is 0 Å². The summed E-state index contributed by atoms with van der Waals surface area (Å²) in [6.45, 7) is 6.40. The molecule has 1 fully saturated rings. The molecule has 1 saturated heterocycles. The number of allylic oxidation sites excluding steroid dienone is 1. The number of hydrogen-bond acceptors (Lipinski definition) is 2. The lowest BCUT2D eigenvalue weighted by Crippen LogP contribution is -2.12. The van der Waals surface area contributed by atoms with Gasteiger partial charge in [0.25, 0.3) is 0 Å². The first kappa shape index (κ1) is 9.87. The summed E-state index contributed by atoms with van der Waals surface area (Å²) in [5.41, 5.74) is 2.74. The van der Waals surface area contributed by atoms with E-state index in [1.54, 1.807) is 5.37 Å². The van der Waals surface area contributed by atoms with E-state index in [1.807, 2.05) is 0 Å². The molecule has 0 spiro atoms. The van der Waals surface area contributed by atoms with E-state index in [1.165, 1.54) is 11.1 Å². The molecule has 2 atom stereocenters. The number of hydrogen-bond donors (Lipinski definition) is 0. The molecule has 0 aliphatic carbocycles. The fourth-order valence-corrected chi connectivity index (χ4v) is 1.60. The maximum Gasteiger partial charge on any atom is 0.0866 e. The number of thiocarbonyl (C=S) groups is 1. The highest BCUT2D eigenvalue weighted by atomic mass is 32.1. The van der Waals surface area contributed by atoms with Crippen LogP contribution in [0, 0.1) is 0 Å². The molecule has 1 heterocycles. The molecule has 1 nitrogen and oxygen atoms in total. The summed E-state index contributed by atoms with van der Waals surface area (Å²) in [7, 11) is 0. The van der Waals surface area contributed by atoms with Crippen molar-refractivity contribution in [1.29, 1.82) is 0 Å². The Balaban J connectivity index is 2.58. The predicted molar refractivity (Wildman–Crippen MR) is 55.6 cm³/mol. The Morgan fingerprint density at radius 1 is 1.33 bits per heavy atom. The van der Waals surface area contributed by atoms with Crippen molar-refractivity contribution in [2.75, 3.05) is 0 Å². The highest BCUT2D eigenvalue weighted by Crippen LogP contribution is 2.25. The Kier molecular flexibility index (Phi) is 3.41. The minimum absolute atomic E-state index is 0.208. The Hall–Kier alpha value is -0.210. The van der Waals surface area contributed by atoms with Crippen LogP contribution in [-0.2, 0) is 4.74 Å². The van der Waals surface area contributed by atoms with Crippen molar-refractivity contribution in [3.05, 3.63) is 11.1 Å². The van der Waals surface area contributed by atoms with Crippen molar-refractivity contribution in [3.63, 3.8) is 0 Å². The highest BCUT2D eigenvalue weighted by Gasteiger charge is 2.24. The molecule has 12 heavy (non-hydrogen) atoms. The molecule has 1 aliphatic rings. The zero-order chi connectivity index (χ0) is 9.14. The highest BCUT2D eigenvalue weighted by molar-refractivity contribution is 7.79. The minimum atomic E-state index is 0.208. The first-order valence-corrected chi connectivity index (χ1v) is 4.87. The zero-order valence-electron chi connectivity index (χ0n) is 7.96. The number of rotatable bonds is 2. The Labute approximate surface area is 79.8 Å². The van der Waals surface area contributed by atoms with E-state index in [0.29, 0.717) is 6.10 Å². The summed E-state index contributed by atoms with van der Waals surface area (Å²) in [5, 5.41) is 1.73. The van der Waals surface area contributed by atoms with E-state index >= 15 is 0 Å². The standard InChI is InChI=1S/C10H16OS/c1-7(2)8(3)10-5-4-9(6-12)11-10/h6,9-10H,4-5H2,1-3H3. The molecule has 0 radical (unpaired) electrons. The average molecular weight is 184 g/mol. The smallest absolute Gasteiger partial charge is 0.0866 e. The molecule has 0 aromatic rings. The zero-order valence-corrected chi connectivity index (χ0v) is 8.78. The molecule has 1 aliphatic heterocycles. The average Bonchev–Trinajstić information content (AvgIpc) is 2.50. The molecule has 1 rings (SSSR count). The van der Waals surface area contributed by atoms with Crippen molar-refractivity contribution in [1.82, 2.24) is 0 Å². The fourth-order valence-electron chi connectivity index (χ4n) is 1.40. The molecule has 2 heteroatoms. The van der Waals surface area contributed by atoms with Crippen LogP contribution in [0.5, 0.6) is 0 Å². The van der Waals surface area contributed by atoms with Gasteiger partial charge in [0.05, 0.1) is 12.2 Å². The normalized spacial score (nSPS) is 28.6. The summed E-state index contributed by atoms with van der Waals surface area (Å²) in [6, 6.07) is 0. The van der Waals surface area contributed by atoms with Gasteiger partial charge >= 0.3 is 0 Å². The van der Waals surface area contributed by atoms with Gasteiger partial charge < -0.3 is 4.74 Å². The van der Waals surface area contributed by atoms with E-state index in [9.17, 15) is 0 Å². The summed E-state index contributed by atoms with van der Waals surface area (Å²) in [5.74, 6) is 0. The van der Waals surface area contributed by atoms with Crippen LogP contribution in [0.4, 0.5) is 0 Å². The third kappa shape index (κ3) is 2.14. The van der Waals surface area contributed by atoms with E-state index < -0.39 is 0 Å². The monoisotopic (exact) mass is 184 g/mol. The van der Waals surface area contributed by atoms with Gasteiger partial charge in [0, 0.05) is 5.37 Å². The molecule has 0 amide bonds. The predicted octanol–water partition coefficient (Wildman–Crippen LogP) is 2.89. The second-order valence-corrected chi connectivity index (χ2v) is 3.83. The third-order valence-corrected chi connectivity index (χ3v) is 2.78. The molecule has 0 aromatic heterocycles. The van der Waals surface area contributed by atoms with E-state index in [0.717, 1.165) is 12.8 Å². The lowest BCUT2D eigenvalue weighted by Gasteiger charge is -2.13. The molecule has 0 bridgehead atoms. The second kappa shape index (κ2) is 4.15. The van der Waals surface area contributed by atoms with E-state index in [4.69, 9.17) is 17.0 Å². The van der Waals surface area contributed by atoms with E-state index in [-0.39, 0.29) is 6.10 Å². The first-order chi connectivity index (χ1) is 5.65. The lowest BCUT2D eigenvalue weighted by atomic mass is 10.0. The van der Waals surface area contributed by atoms with Gasteiger partial charge in [0.15, 0.2) is 0 Å². The van der Waals surface area contributed by atoms with Gasteiger partial charge in [-0.1, -0.05) is 17.8 Å². The molecular formula is C10H16OS. The van der Waals surface area contributed by atoms with Crippen LogP contribution in [-0.4, -0.2) is 17.6 Å². The summed E-state index contributed by atoms with van der Waals surface area (Å²) >= 11 is 4.85. The largest absolute Gasteiger partial charge is 0.366 e. The molecule has 0 aromatic carbocycles. The van der Waals surface area contributed by atoms with Crippen molar-refractivity contribution < 1.29 is 4.74 Å². The van der Waals surface area contributed by atoms with Crippen LogP contribution in [0.3, 0.4) is 0 Å². The Bertz CT molecular complexity index is 204. The Morgan fingerprint density at radius 3 is 2.42 bits per heavy atom.